The van der Waals surface area contributed by atoms with E-state index in [-0.39, 0.29) is 5.91 Å². The summed E-state index contributed by atoms with van der Waals surface area (Å²) >= 11 is 0. The van der Waals surface area contributed by atoms with Crippen molar-refractivity contribution in [2.75, 3.05) is 7.05 Å². The minimum Gasteiger partial charge on any atom is -0.339 e. The molecule has 0 unspecified atom stereocenters. The van der Waals surface area contributed by atoms with E-state index in [1.807, 2.05) is 24.1 Å². The molecular weight excluding hydrogens is 200 g/mol. The summed E-state index contributed by atoms with van der Waals surface area (Å²) in [6.07, 6.45) is 9.42. The van der Waals surface area contributed by atoms with Gasteiger partial charge in [0.15, 0.2) is 0 Å². The van der Waals surface area contributed by atoms with Crippen molar-refractivity contribution in [2.45, 2.75) is 38.1 Å². The summed E-state index contributed by atoms with van der Waals surface area (Å²) in [6.45, 7) is 0. The van der Waals surface area contributed by atoms with E-state index in [1.165, 1.54) is 19.3 Å². The van der Waals surface area contributed by atoms with Crippen molar-refractivity contribution < 1.29 is 4.79 Å². The van der Waals surface area contributed by atoms with Crippen LogP contribution >= 0.6 is 0 Å². The maximum absolute atomic E-state index is 12.1. The fraction of sp³-hybridized carbons (Fsp3) is 0.538. The smallest absolute Gasteiger partial charge is 0.255 e. The van der Waals surface area contributed by atoms with Gasteiger partial charge in [-0.2, -0.15) is 0 Å². The Kier molecular flexibility index (Phi) is 3.54. The van der Waals surface area contributed by atoms with Crippen molar-refractivity contribution in [2.24, 2.45) is 0 Å². The van der Waals surface area contributed by atoms with E-state index in [4.69, 9.17) is 0 Å². The zero-order valence-corrected chi connectivity index (χ0v) is 9.72. The van der Waals surface area contributed by atoms with E-state index in [0.29, 0.717) is 11.6 Å². The Hall–Kier alpha value is -1.38. The van der Waals surface area contributed by atoms with Crippen molar-refractivity contribution in [1.82, 2.24) is 9.88 Å². The van der Waals surface area contributed by atoms with Crippen LogP contribution in [-0.4, -0.2) is 28.9 Å². The number of rotatable bonds is 2. The summed E-state index contributed by atoms with van der Waals surface area (Å²) in [5.74, 6) is 0.0972. The van der Waals surface area contributed by atoms with Crippen LogP contribution in [0.4, 0.5) is 0 Å². The summed E-state index contributed by atoms with van der Waals surface area (Å²) in [5, 5.41) is 0. The molecule has 1 aliphatic rings. The maximum atomic E-state index is 12.1. The van der Waals surface area contributed by atoms with Gasteiger partial charge in [-0.15, -0.1) is 0 Å². The first-order chi connectivity index (χ1) is 7.79. The molecule has 1 fully saturated rings. The lowest BCUT2D eigenvalue weighted by molar-refractivity contribution is 0.0696. The minimum atomic E-state index is 0.0972. The molecule has 3 nitrogen and oxygen atoms in total. The second-order valence-corrected chi connectivity index (χ2v) is 4.45. The number of aromatic nitrogens is 1. The van der Waals surface area contributed by atoms with Gasteiger partial charge in [0.2, 0.25) is 0 Å². The van der Waals surface area contributed by atoms with Crippen LogP contribution in [0.25, 0.3) is 0 Å². The lowest BCUT2D eigenvalue weighted by Gasteiger charge is -2.31. The lowest BCUT2D eigenvalue weighted by Crippen LogP contribution is -2.38. The van der Waals surface area contributed by atoms with Crippen LogP contribution in [-0.2, 0) is 0 Å². The number of nitrogens with zero attached hydrogens (tertiary/aromatic N) is 2. The molecule has 0 N–H and O–H groups in total. The molecule has 1 aromatic heterocycles. The highest BCUT2D eigenvalue weighted by molar-refractivity contribution is 5.93. The summed E-state index contributed by atoms with van der Waals surface area (Å²) in [5.41, 5.74) is 0.690. The monoisotopic (exact) mass is 218 g/mol. The molecule has 1 saturated carbocycles. The highest BCUT2D eigenvalue weighted by Gasteiger charge is 2.22. The van der Waals surface area contributed by atoms with Crippen LogP contribution in [0.2, 0.25) is 0 Å². The van der Waals surface area contributed by atoms with E-state index in [0.717, 1.165) is 12.8 Å². The lowest BCUT2D eigenvalue weighted by atomic mass is 9.94. The second kappa shape index (κ2) is 5.10. The molecule has 2 rings (SSSR count). The Morgan fingerprint density at radius 2 is 2.12 bits per heavy atom. The normalized spacial score (nSPS) is 17.1. The van der Waals surface area contributed by atoms with Gasteiger partial charge in [0.1, 0.15) is 0 Å². The van der Waals surface area contributed by atoms with Crippen molar-refractivity contribution in [3.05, 3.63) is 30.1 Å². The van der Waals surface area contributed by atoms with Gasteiger partial charge in [-0.3, -0.25) is 9.78 Å². The molecule has 0 radical (unpaired) electrons. The zero-order valence-electron chi connectivity index (χ0n) is 9.72. The van der Waals surface area contributed by atoms with Crippen molar-refractivity contribution in [3.8, 4) is 0 Å². The first kappa shape index (κ1) is 11.1. The first-order valence-electron chi connectivity index (χ1n) is 5.96. The average Bonchev–Trinajstić information content (AvgIpc) is 2.39. The third-order valence-corrected chi connectivity index (χ3v) is 3.35. The number of pyridine rings is 1. The quantitative estimate of drug-likeness (QED) is 0.764. The van der Waals surface area contributed by atoms with E-state index < -0.39 is 0 Å². The molecule has 3 heteroatoms. The van der Waals surface area contributed by atoms with Crippen molar-refractivity contribution >= 4 is 5.91 Å². The van der Waals surface area contributed by atoms with Gasteiger partial charge < -0.3 is 4.90 Å². The van der Waals surface area contributed by atoms with E-state index in [2.05, 4.69) is 4.98 Å². The number of carbonyl (C=O) groups is 1. The Bertz CT molecular complexity index is 344. The zero-order chi connectivity index (χ0) is 11.4. The molecule has 0 spiro atoms. The Labute approximate surface area is 96.5 Å². The van der Waals surface area contributed by atoms with Gasteiger partial charge in [-0.05, 0) is 25.0 Å². The number of hydrogen-bond donors (Lipinski definition) is 0. The van der Waals surface area contributed by atoms with Crippen molar-refractivity contribution in [1.29, 1.82) is 0 Å². The molecule has 1 amide bonds. The number of carbonyl (C=O) groups excluding carboxylic acids is 1. The third kappa shape index (κ3) is 2.40. The molecule has 0 bridgehead atoms. The van der Waals surface area contributed by atoms with Gasteiger partial charge in [0.05, 0.1) is 5.56 Å². The van der Waals surface area contributed by atoms with E-state index in [1.54, 1.807) is 12.4 Å². The molecule has 0 aliphatic heterocycles. The molecule has 0 atom stereocenters. The Balaban J connectivity index is 2.04. The molecular formula is C13H18N2O. The van der Waals surface area contributed by atoms with Gasteiger partial charge in [-0.25, -0.2) is 0 Å². The number of hydrogen-bond acceptors (Lipinski definition) is 2. The third-order valence-electron chi connectivity index (χ3n) is 3.35. The maximum Gasteiger partial charge on any atom is 0.255 e. The molecule has 1 aliphatic carbocycles. The second-order valence-electron chi connectivity index (χ2n) is 4.45. The van der Waals surface area contributed by atoms with Gasteiger partial charge in [0, 0.05) is 25.5 Å². The van der Waals surface area contributed by atoms with E-state index in [9.17, 15) is 4.79 Å². The Morgan fingerprint density at radius 1 is 1.38 bits per heavy atom. The van der Waals surface area contributed by atoms with Gasteiger partial charge in [-0.1, -0.05) is 19.3 Å². The molecule has 1 aromatic rings. The highest BCUT2D eigenvalue weighted by Crippen LogP contribution is 2.22. The van der Waals surface area contributed by atoms with E-state index >= 15 is 0 Å². The molecule has 1 heterocycles. The Morgan fingerprint density at radius 3 is 2.75 bits per heavy atom. The van der Waals surface area contributed by atoms with Crippen LogP contribution in [0, 0.1) is 0 Å². The molecule has 86 valence electrons. The fourth-order valence-corrected chi connectivity index (χ4v) is 2.33. The van der Waals surface area contributed by atoms with Crippen LogP contribution in [0.1, 0.15) is 42.5 Å². The van der Waals surface area contributed by atoms with Crippen LogP contribution in [0.15, 0.2) is 24.5 Å². The van der Waals surface area contributed by atoms with Crippen LogP contribution in [0.3, 0.4) is 0 Å². The summed E-state index contributed by atoms with van der Waals surface area (Å²) in [4.78, 5) is 18.0. The summed E-state index contributed by atoms with van der Waals surface area (Å²) in [7, 11) is 1.91. The molecule has 0 aromatic carbocycles. The van der Waals surface area contributed by atoms with Gasteiger partial charge >= 0.3 is 0 Å². The van der Waals surface area contributed by atoms with Crippen molar-refractivity contribution in [3.63, 3.8) is 0 Å². The standard InChI is InChI=1S/C13H18N2O/c1-15(12-7-3-2-4-8-12)13(16)11-6-5-9-14-10-11/h5-6,9-10,12H,2-4,7-8H2,1H3. The summed E-state index contributed by atoms with van der Waals surface area (Å²) in [6, 6.07) is 4.05. The predicted octanol–water partition coefficient (Wildman–Crippen LogP) is 2.49. The highest BCUT2D eigenvalue weighted by atomic mass is 16.2. The van der Waals surface area contributed by atoms with Crippen LogP contribution < -0.4 is 0 Å². The fourth-order valence-electron chi connectivity index (χ4n) is 2.33. The minimum absolute atomic E-state index is 0.0972. The topological polar surface area (TPSA) is 33.2 Å². The number of amides is 1. The largest absolute Gasteiger partial charge is 0.339 e. The van der Waals surface area contributed by atoms with Gasteiger partial charge in [0.25, 0.3) is 5.91 Å². The first-order valence-corrected chi connectivity index (χ1v) is 5.96. The predicted molar refractivity (Wildman–Crippen MR) is 63.2 cm³/mol. The summed E-state index contributed by atoms with van der Waals surface area (Å²) < 4.78 is 0. The van der Waals surface area contributed by atoms with Crippen LogP contribution in [0.5, 0.6) is 0 Å². The average molecular weight is 218 g/mol. The SMILES string of the molecule is CN(C(=O)c1cccnc1)C1CCCCC1. The molecule has 0 saturated heterocycles. The molecule has 16 heavy (non-hydrogen) atoms.